The highest BCUT2D eigenvalue weighted by molar-refractivity contribution is 5.97. The summed E-state index contributed by atoms with van der Waals surface area (Å²) >= 11 is 0. The van der Waals surface area contributed by atoms with Gasteiger partial charge in [0, 0.05) is 5.56 Å². The molecule has 0 fully saturated rings. The first-order valence-electron chi connectivity index (χ1n) is 5.74. The molecule has 1 rings (SSSR count). The molecule has 0 aliphatic rings. The smallest absolute Gasteiger partial charge is 0.176 e. The topological polar surface area (TPSA) is 50.1 Å². The zero-order valence-corrected chi connectivity index (χ0v) is 10.5. The minimum atomic E-state index is -0.138. The first kappa shape index (κ1) is 13.2. The fourth-order valence-electron chi connectivity index (χ4n) is 1.72. The fraction of sp³-hybridized carbons (Fsp3) is 0.429. The maximum Gasteiger partial charge on any atom is 0.176 e. The Bertz CT molecular complexity index is 435. The SMILES string of the molecule is CCCOc1c(C)cc(C(=O)CC#N)cc1C. The van der Waals surface area contributed by atoms with Gasteiger partial charge in [-0.05, 0) is 43.5 Å². The number of carbonyl (C=O) groups excluding carboxylic acids is 1. The molecular weight excluding hydrogens is 214 g/mol. The van der Waals surface area contributed by atoms with E-state index in [9.17, 15) is 4.79 Å². The largest absolute Gasteiger partial charge is 0.493 e. The molecule has 0 saturated heterocycles. The molecule has 0 unspecified atom stereocenters. The van der Waals surface area contributed by atoms with Crippen molar-refractivity contribution in [3.8, 4) is 11.8 Å². The van der Waals surface area contributed by atoms with Gasteiger partial charge >= 0.3 is 0 Å². The Morgan fingerprint density at radius 2 is 1.94 bits per heavy atom. The van der Waals surface area contributed by atoms with Gasteiger partial charge < -0.3 is 4.74 Å². The van der Waals surface area contributed by atoms with Gasteiger partial charge in [0.15, 0.2) is 5.78 Å². The van der Waals surface area contributed by atoms with Gasteiger partial charge in [0.25, 0.3) is 0 Å². The van der Waals surface area contributed by atoms with Crippen LogP contribution in [0.1, 0.15) is 41.3 Å². The summed E-state index contributed by atoms with van der Waals surface area (Å²) in [5.74, 6) is 0.709. The van der Waals surface area contributed by atoms with Gasteiger partial charge in [-0.15, -0.1) is 0 Å². The van der Waals surface area contributed by atoms with E-state index in [4.69, 9.17) is 10.00 Å². The van der Waals surface area contributed by atoms with E-state index in [0.717, 1.165) is 23.3 Å². The number of nitrogens with zero attached hydrogens (tertiary/aromatic N) is 1. The van der Waals surface area contributed by atoms with Gasteiger partial charge in [-0.3, -0.25) is 4.79 Å². The standard InChI is InChI=1S/C14H17NO2/c1-4-7-17-14-10(2)8-12(9-11(14)3)13(16)5-6-15/h8-9H,4-5,7H2,1-3H3. The minimum absolute atomic E-state index is 0.0754. The van der Waals surface area contributed by atoms with Crippen LogP contribution in [0, 0.1) is 25.2 Å². The predicted molar refractivity (Wildman–Crippen MR) is 66.3 cm³/mol. The van der Waals surface area contributed by atoms with Gasteiger partial charge in [-0.2, -0.15) is 5.26 Å². The Hall–Kier alpha value is -1.82. The highest BCUT2D eigenvalue weighted by Gasteiger charge is 2.11. The average molecular weight is 231 g/mol. The Morgan fingerprint density at radius 1 is 1.35 bits per heavy atom. The van der Waals surface area contributed by atoms with Gasteiger partial charge in [-0.1, -0.05) is 6.92 Å². The zero-order chi connectivity index (χ0) is 12.8. The number of aryl methyl sites for hydroxylation is 2. The van der Waals surface area contributed by atoms with E-state index in [0.29, 0.717) is 12.2 Å². The molecule has 1 aromatic rings. The zero-order valence-electron chi connectivity index (χ0n) is 10.5. The van der Waals surface area contributed by atoms with Crippen molar-refractivity contribution >= 4 is 5.78 Å². The van der Waals surface area contributed by atoms with Crippen LogP contribution in [0.5, 0.6) is 5.75 Å². The minimum Gasteiger partial charge on any atom is -0.493 e. The summed E-state index contributed by atoms with van der Waals surface area (Å²) in [5, 5.41) is 8.51. The molecule has 0 aromatic heterocycles. The molecule has 0 atom stereocenters. The lowest BCUT2D eigenvalue weighted by molar-refractivity contribution is 0.0997. The summed E-state index contributed by atoms with van der Waals surface area (Å²) in [6.45, 7) is 6.56. The Labute approximate surface area is 102 Å². The third-order valence-corrected chi connectivity index (χ3v) is 2.47. The van der Waals surface area contributed by atoms with Crippen LogP contribution in [0.2, 0.25) is 0 Å². The second-order valence-corrected chi connectivity index (χ2v) is 4.05. The third kappa shape index (κ3) is 3.32. The molecule has 0 heterocycles. The van der Waals surface area contributed by atoms with Gasteiger partial charge in [0.1, 0.15) is 5.75 Å². The van der Waals surface area contributed by atoms with Gasteiger partial charge in [-0.25, -0.2) is 0 Å². The molecule has 3 heteroatoms. The number of ketones is 1. The van der Waals surface area contributed by atoms with Crippen molar-refractivity contribution in [2.75, 3.05) is 6.61 Å². The van der Waals surface area contributed by atoms with Crippen molar-refractivity contribution in [1.82, 2.24) is 0 Å². The van der Waals surface area contributed by atoms with E-state index in [1.807, 2.05) is 19.9 Å². The van der Waals surface area contributed by atoms with Crippen molar-refractivity contribution in [2.24, 2.45) is 0 Å². The van der Waals surface area contributed by atoms with Crippen molar-refractivity contribution in [3.05, 3.63) is 28.8 Å². The molecule has 17 heavy (non-hydrogen) atoms. The maximum atomic E-state index is 11.6. The van der Waals surface area contributed by atoms with Gasteiger partial charge in [0.2, 0.25) is 0 Å². The van der Waals surface area contributed by atoms with Crippen LogP contribution < -0.4 is 4.74 Å². The summed E-state index contributed by atoms with van der Waals surface area (Å²) in [4.78, 5) is 11.6. The van der Waals surface area contributed by atoms with Crippen molar-refractivity contribution in [2.45, 2.75) is 33.6 Å². The van der Waals surface area contributed by atoms with Crippen LogP contribution in [0.15, 0.2) is 12.1 Å². The normalized spacial score (nSPS) is 9.76. The molecule has 0 bridgehead atoms. The fourth-order valence-corrected chi connectivity index (χ4v) is 1.72. The van der Waals surface area contributed by atoms with Gasteiger partial charge in [0.05, 0.1) is 19.1 Å². The van der Waals surface area contributed by atoms with Crippen LogP contribution >= 0.6 is 0 Å². The Kier molecular flexibility index (Phi) is 4.71. The number of ether oxygens (including phenoxy) is 1. The molecule has 0 amide bonds. The van der Waals surface area contributed by atoms with Crippen LogP contribution in [-0.4, -0.2) is 12.4 Å². The monoisotopic (exact) mass is 231 g/mol. The lowest BCUT2D eigenvalue weighted by Gasteiger charge is -2.12. The second kappa shape index (κ2) is 6.05. The molecule has 0 N–H and O–H groups in total. The molecule has 0 aliphatic heterocycles. The number of carbonyl (C=O) groups is 1. The van der Waals surface area contributed by atoms with Crippen molar-refractivity contribution in [3.63, 3.8) is 0 Å². The molecule has 3 nitrogen and oxygen atoms in total. The van der Waals surface area contributed by atoms with E-state index in [-0.39, 0.29) is 12.2 Å². The van der Waals surface area contributed by atoms with Crippen molar-refractivity contribution < 1.29 is 9.53 Å². The molecule has 0 saturated carbocycles. The highest BCUT2D eigenvalue weighted by atomic mass is 16.5. The van der Waals surface area contributed by atoms with Crippen molar-refractivity contribution in [1.29, 1.82) is 5.26 Å². The lowest BCUT2D eigenvalue weighted by Crippen LogP contribution is -2.03. The second-order valence-electron chi connectivity index (χ2n) is 4.05. The van der Waals surface area contributed by atoms with E-state index < -0.39 is 0 Å². The van der Waals surface area contributed by atoms with Crippen LogP contribution in [0.4, 0.5) is 0 Å². The van der Waals surface area contributed by atoms with E-state index in [1.165, 1.54) is 0 Å². The predicted octanol–water partition coefficient (Wildman–Crippen LogP) is 3.19. The summed E-state index contributed by atoms with van der Waals surface area (Å²) < 4.78 is 5.64. The number of rotatable bonds is 5. The third-order valence-electron chi connectivity index (χ3n) is 2.47. The first-order chi connectivity index (χ1) is 8.10. The number of hydrogen-bond donors (Lipinski definition) is 0. The van der Waals surface area contributed by atoms with Crippen LogP contribution in [0.3, 0.4) is 0 Å². The molecule has 90 valence electrons. The van der Waals surface area contributed by atoms with E-state index >= 15 is 0 Å². The summed E-state index contributed by atoms with van der Waals surface area (Å²) in [5.41, 5.74) is 2.48. The molecular formula is C14H17NO2. The average Bonchev–Trinajstić information content (AvgIpc) is 2.28. The number of benzene rings is 1. The summed E-state index contributed by atoms with van der Waals surface area (Å²) in [7, 11) is 0. The molecule has 0 radical (unpaired) electrons. The van der Waals surface area contributed by atoms with Crippen LogP contribution in [-0.2, 0) is 0 Å². The molecule has 0 aliphatic carbocycles. The molecule has 0 spiro atoms. The first-order valence-corrected chi connectivity index (χ1v) is 5.74. The highest BCUT2D eigenvalue weighted by Crippen LogP contribution is 2.25. The summed E-state index contributed by atoms with van der Waals surface area (Å²) in [6.07, 6.45) is 0.877. The van der Waals surface area contributed by atoms with E-state index in [1.54, 1.807) is 12.1 Å². The van der Waals surface area contributed by atoms with Crippen LogP contribution in [0.25, 0.3) is 0 Å². The maximum absolute atomic E-state index is 11.6. The Balaban J connectivity index is 3.01. The number of nitriles is 1. The Morgan fingerprint density at radius 3 is 2.41 bits per heavy atom. The lowest BCUT2D eigenvalue weighted by atomic mass is 10.0. The summed E-state index contributed by atoms with van der Waals surface area (Å²) in [6, 6.07) is 5.45. The number of hydrogen-bond acceptors (Lipinski definition) is 3. The molecule has 1 aromatic carbocycles. The number of Topliss-reactive ketones (excluding diaryl/α,β-unsaturated/α-hetero) is 1. The van der Waals surface area contributed by atoms with E-state index in [2.05, 4.69) is 6.92 Å². The quantitative estimate of drug-likeness (QED) is 0.731.